The van der Waals surface area contributed by atoms with E-state index in [9.17, 15) is 18.0 Å². The highest BCUT2D eigenvalue weighted by atomic mass is 35.5. The highest BCUT2D eigenvalue weighted by molar-refractivity contribution is 7.92. The van der Waals surface area contributed by atoms with Crippen LogP contribution in [0.25, 0.3) is 0 Å². The van der Waals surface area contributed by atoms with Gasteiger partial charge < -0.3 is 10.2 Å². The van der Waals surface area contributed by atoms with Crippen molar-refractivity contribution in [3.63, 3.8) is 0 Å². The Morgan fingerprint density at radius 1 is 1.03 bits per heavy atom. The molecule has 2 aromatic rings. The van der Waals surface area contributed by atoms with Gasteiger partial charge >= 0.3 is 0 Å². The second kappa shape index (κ2) is 14.4. The van der Waals surface area contributed by atoms with E-state index in [1.807, 2.05) is 20.8 Å². The molecule has 2 aromatic carbocycles. The minimum Gasteiger partial charge on any atom is -0.354 e. The first-order chi connectivity index (χ1) is 17.8. The van der Waals surface area contributed by atoms with Crippen LogP contribution in [0, 0.1) is 12.8 Å². The summed E-state index contributed by atoms with van der Waals surface area (Å²) in [5, 5.41) is 4.13. The summed E-state index contributed by atoms with van der Waals surface area (Å²) < 4.78 is 26.4. The molecule has 2 amide bonds. The van der Waals surface area contributed by atoms with Crippen molar-refractivity contribution >= 4 is 62.3 Å². The zero-order valence-electron chi connectivity index (χ0n) is 22.4. The molecular formula is C27H36Cl3N3O4S. The van der Waals surface area contributed by atoms with Crippen molar-refractivity contribution in [1.29, 1.82) is 0 Å². The third-order valence-corrected chi connectivity index (χ3v) is 8.40. The summed E-state index contributed by atoms with van der Waals surface area (Å²) in [6.07, 6.45) is 1.83. The fraction of sp³-hybridized carbons (Fsp3) is 0.481. The van der Waals surface area contributed by atoms with Crippen LogP contribution in [0.4, 0.5) is 5.69 Å². The van der Waals surface area contributed by atoms with E-state index in [0.29, 0.717) is 39.3 Å². The molecule has 0 saturated carbocycles. The Kier molecular flexibility index (Phi) is 12.2. The van der Waals surface area contributed by atoms with Gasteiger partial charge in [-0.15, -0.1) is 0 Å². The molecule has 1 atom stereocenters. The molecule has 38 heavy (non-hydrogen) atoms. The summed E-state index contributed by atoms with van der Waals surface area (Å²) in [7, 11) is -3.62. The third kappa shape index (κ3) is 9.04. The summed E-state index contributed by atoms with van der Waals surface area (Å²) in [5.74, 6) is -0.242. The summed E-state index contributed by atoms with van der Waals surface area (Å²) in [6, 6.07) is 9.47. The van der Waals surface area contributed by atoms with Crippen LogP contribution in [-0.4, -0.2) is 50.5 Å². The summed E-state index contributed by atoms with van der Waals surface area (Å²) in [5.41, 5.74) is 1.84. The first kappa shape index (κ1) is 32.2. The van der Waals surface area contributed by atoms with Crippen LogP contribution in [0.3, 0.4) is 0 Å². The summed E-state index contributed by atoms with van der Waals surface area (Å²) in [6.45, 7) is 8.33. The van der Waals surface area contributed by atoms with Crippen LogP contribution in [0.15, 0.2) is 36.4 Å². The van der Waals surface area contributed by atoms with E-state index in [4.69, 9.17) is 34.8 Å². The smallest absolute Gasteiger partial charge is 0.242 e. The number of carbonyl (C=O) groups excluding carboxylic acids is 2. The molecule has 0 aliphatic carbocycles. The molecule has 1 N–H and O–H groups in total. The molecule has 0 heterocycles. The van der Waals surface area contributed by atoms with Crippen LogP contribution in [0.2, 0.25) is 15.1 Å². The fourth-order valence-electron chi connectivity index (χ4n) is 4.03. The van der Waals surface area contributed by atoms with E-state index in [1.54, 1.807) is 43.3 Å². The van der Waals surface area contributed by atoms with Crippen LogP contribution in [0.1, 0.15) is 51.2 Å². The predicted octanol–water partition coefficient (Wildman–Crippen LogP) is 6.08. The van der Waals surface area contributed by atoms with E-state index in [1.165, 1.54) is 9.21 Å². The molecule has 2 rings (SSSR count). The molecule has 0 spiro atoms. The Morgan fingerprint density at radius 2 is 1.71 bits per heavy atom. The monoisotopic (exact) mass is 603 g/mol. The van der Waals surface area contributed by atoms with Gasteiger partial charge in [-0.3, -0.25) is 13.9 Å². The molecule has 0 unspecified atom stereocenters. The molecule has 0 aliphatic rings. The Morgan fingerprint density at radius 3 is 2.29 bits per heavy atom. The highest BCUT2D eigenvalue weighted by Crippen LogP contribution is 2.29. The van der Waals surface area contributed by atoms with Crippen LogP contribution in [-0.2, 0) is 26.2 Å². The average Bonchev–Trinajstić information content (AvgIpc) is 2.83. The Bertz CT molecular complexity index is 1240. The van der Waals surface area contributed by atoms with Gasteiger partial charge in [-0.1, -0.05) is 67.7 Å². The van der Waals surface area contributed by atoms with E-state index in [-0.39, 0.29) is 43.7 Å². The van der Waals surface area contributed by atoms with Crippen molar-refractivity contribution in [3.05, 3.63) is 62.6 Å². The molecule has 0 saturated heterocycles. The van der Waals surface area contributed by atoms with Gasteiger partial charge in [0.25, 0.3) is 0 Å². The molecule has 0 radical (unpaired) electrons. The van der Waals surface area contributed by atoms with Crippen molar-refractivity contribution in [2.75, 3.05) is 23.7 Å². The lowest BCUT2D eigenvalue weighted by Crippen LogP contribution is -2.49. The van der Waals surface area contributed by atoms with Gasteiger partial charge in [-0.25, -0.2) is 8.42 Å². The summed E-state index contributed by atoms with van der Waals surface area (Å²) in [4.78, 5) is 28.1. The van der Waals surface area contributed by atoms with Crippen LogP contribution >= 0.6 is 34.8 Å². The topological polar surface area (TPSA) is 86.8 Å². The maximum atomic E-state index is 13.5. The van der Waals surface area contributed by atoms with Gasteiger partial charge in [0.2, 0.25) is 21.8 Å². The second-order valence-corrected chi connectivity index (χ2v) is 12.8. The standard InChI is InChI=1S/C27H36Cl3N3O4S/c1-6-24(27(35)31-16-18(2)3)32(17-20-12-13-22(29)23(30)15-20)26(34)11-8-14-33(38(5,36)37)25-10-7-9-21(28)19(25)4/h7,9-10,12-13,15,18,24H,6,8,11,14,16-17H2,1-5H3,(H,31,35)/t24-/m1/s1. The Hall–Kier alpha value is -2.00. The number of rotatable bonds is 13. The van der Waals surface area contributed by atoms with Gasteiger partial charge in [0.05, 0.1) is 22.0 Å². The molecule has 0 fully saturated rings. The van der Waals surface area contributed by atoms with E-state index in [2.05, 4.69) is 5.32 Å². The van der Waals surface area contributed by atoms with Gasteiger partial charge in [-0.2, -0.15) is 0 Å². The molecular weight excluding hydrogens is 569 g/mol. The van der Waals surface area contributed by atoms with Gasteiger partial charge in [0, 0.05) is 31.1 Å². The van der Waals surface area contributed by atoms with Crippen LogP contribution < -0.4 is 9.62 Å². The Balaban J connectivity index is 2.27. The maximum absolute atomic E-state index is 13.5. The highest BCUT2D eigenvalue weighted by Gasteiger charge is 2.29. The fourth-order valence-corrected chi connectivity index (χ4v) is 5.53. The van der Waals surface area contributed by atoms with E-state index < -0.39 is 16.1 Å². The van der Waals surface area contributed by atoms with Crippen molar-refractivity contribution < 1.29 is 18.0 Å². The maximum Gasteiger partial charge on any atom is 0.242 e. The van der Waals surface area contributed by atoms with Gasteiger partial charge in [-0.05, 0) is 61.1 Å². The minimum absolute atomic E-state index is 0.0426. The lowest BCUT2D eigenvalue weighted by Gasteiger charge is -2.31. The SMILES string of the molecule is CC[C@H](C(=O)NCC(C)C)N(Cc1ccc(Cl)c(Cl)c1)C(=O)CCCN(c1cccc(Cl)c1C)S(C)(=O)=O. The number of hydrogen-bond donors (Lipinski definition) is 1. The second-order valence-electron chi connectivity index (χ2n) is 9.66. The lowest BCUT2D eigenvalue weighted by atomic mass is 10.1. The largest absolute Gasteiger partial charge is 0.354 e. The van der Waals surface area contributed by atoms with Crippen molar-refractivity contribution in [1.82, 2.24) is 10.2 Å². The molecule has 11 heteroatoms. The van der Waals surface area contributed by atoms with Crippen LogP contribution in [0.5, 0.6) is 0 Å². The van der Waals surface area contributed by atoms with Crippen molar-refractivity contribution in [2.45, 2.75) is 59.5 Å². The number of anilines is 1. The number of sulfonamides is 1. The number of halogens is 3. The number of hydrogen-bond acceptors (Lipinski definition) is 4. The molecule has 0 aliphatic heterocycles. The Labute approximate surface area is 241 Å². The normalized spacial score (nSPS) is 12.3. The summed E-state index contributed by atoms with van der Waals surface area (Å²) >= 11 is 18.5. The predicted molar refractivity (Wildman–Crippen MR) is 157 cm³/mol. The quantitative estimate of drug-likeness (QED) is 0.300. The molecule has 0 bridgehead atoms. The van der Waals surface area contributed by atoms with Gasteiger partial charge in [0.15, 0.2) is 0 Å². The average molecular weight is 605 g/mol. The minimum atomic E-state index is -3.62. The lowest BCUT2D eigenvalue weighted by molar-refractivity contribution is -0.141. The number of benzene rings is 2. The third-order valence-electron chi connectivity index (χ3n) is 6.07. The molecule has 210 valence electrons. The number of nitrogens with zero attached hydrogens (tertiary/aromatic N) is 2. The van der Waals surface area contributed by atoms with E-state index in [0.717, 1.165) is 11.8 Å². The first-order valence-electron chi connectivity index (χ1n) is 12.5. The number of nitrogens with one attached hydrogen (secondary N) is 1. The van der Waals surface area contributed by atoms with Crippen molar-refractivity contribution in [3.8, 4) is 0 Å². The van der Waals surface area contributed by atoms with Gasteiger partial charge in [0.1, 0.15) is 6.04 Å². The molecule has 0 aromatic heterocycles. The first-order valence-corrected chi connectivity index (χ1v) is 15.5. The van der Waals surface area contributed by atoms with E-state index >= 15 is 0 Å². The number of carbonyl (C=O) groups is 2. The zero-order valence-corrected chi connectivity index (χ0v) is 25.5. The van der Waals surface area contributed by atoms with Crippen molar-refractivity contribution in [2.24, 2.45) is 5.92 Å². The zero-order chi connectivity index (χ0) is 28.6. The molecule has 7 nitrogen and oxygen atoms in total. The number of amides is 2.